The third kappa shape index (κ3) is 2.76. The van der Waals surface area contributed by atoms with Gasteiger partial charge in [-0.3, -0.25) is 4.90 Å². The van der Waals surface area contributed by atoms with Crippen LogP contribution in [0.1, 0.15) is 43.9 Å². The summed E-state index contributed by atoms with van der Waals surface area (Å²) >= 11 is 0. The summed E-state index contributed by atoms with van der Waals surface area (Å²) in [5.74, 6) is 0. The predicted molar refractivity (Wildman–Crippen MR) is 77.8 cm³/mol. The normalized spacial score (nSPS) is 24.1. The number of benzene rings is 1. The molecule has 2 rings (SSSR count). The van der Waals surface area contributed by atoms with E-state index >= 15 is 0 Å². The lowest BCUT2D eigenvalue weighted by molar-refractivity contribution is 0.166. The predicted octanol–water partition coefficient (Wildman–Crippen LogP) is 3.13. The fourth-order valence-corrected chi connectivity index (χ4v) is 3.21. The number of hydrogen-bond donors (Lipinski definition) is 1. The Labute approximate surface area is 111 Å². The molecule has 1 N–H and O–H groups in total. The average molecular weight is 246 g/mol. The first-order valence-electron chi connectivity index (χ1n) is 7.13. The van der Waals surface area contributed by atoms with Crippen molar-refractivity contribution < 1.29 is 0 Å². The van der Waals surface area contributed by atoms with Crippen molar-refractivity contribution in [1.29, 1.82) is 0 Å². The fourth-order valence-electron chi connectivity index (χ4n) is 3.21. The van der Waals surface area contributed by atoms with Crippen molar-refractivity contribution in [2.24, 2.45) is 0 Å². The van der Waals surface area contributed by atoms with Gasteiger partial charge in [0, 0.05) is 18.1 Å². The van der Waals surface area contributed by atoms with E-state index in [9.17, 15) is 0 Å². The first-order valence-corrected chi connectivity index (χ1v) is 7.13. The lowest BCUT2D eigenvalue weighted by Crippen LogP contribution is -2.43. The Morgan fingerprint density at radius 2 is 1.94 bits per heavy atom. The Balaban J connectivity index is 2.14. The molecule has 0 aliphatic carbocycles. The molecule has 0 spiro atoms. The maximum Gasteiger partial charge on any atom is 0.0473 e. The van der Waals surface area contributed by atoms with Gasteiger partial charge in [0.1, 0.15) is 0 Å². The largest absolute Gasteiger partial charge is 0.312 e. The van der Waals surface area contributed by atoms with Gasteiger partial charge in [-0.2, -0.15) is 0 Å². The van der Waals surface area contributed by atoms with Crippen LogP contribution in [0.2, 0.25) is 0 Å². The zero-order valence-corrected chi connectivity index (χ0v) is 12.1. The first kappa shape index (κ1) is 13.6. The number of likely N-dealkylation sites (N-methyl/N-ethyl adjacent to an activating group) is 1. The molecule has 1 fully saturated rings. The highest BCUT2D eigenvalue weighted by molar-refractivity contribution is 5.25. The molecule has 0 aromatic heterocycles. The standard InChI is InChI=1S/C16H26N2/c1-12-7-9-15(10-8-12)16(17-4)14(3)18-11-5-6-13(18)2/h7-10,13-14,16-17H,5-6,11H2,1-4H3. The van der Waals surface area contributed by atoms with Gasteiger partial charge in [-0.1, -0.05) is 29.8 Å². The average Bonchev–Trinajstić information content (AvgIpc) is 2.78. The highest BCUT2D eigenvalue weighted by Gasteiger charge is 2.30. The number of likely N-dealkylation sites (tertiary alicyclic amines) is 1. The van der Waals surface area contributed by atoms with Crippen LogP contribution in [0.4, 0.5) is 0 Å². The summed E-state index contributed by atoms with van der Waals surface area (Å²) < 4.78 is 0. The van der Waals surface area contributed by atoms with Crippen LogP contribution in [0, 0.1) is 6.92 Å². The summed E-state index contributed by atoms with van der Waals surface area (Å²) in [5.41, 5.74) is 2.73. The molecule has 0 radical (unpaired) electrons. The van der Waals surface area contributed by atoms with Gasteiger partial charge < -0.3 is 5.32 Å². The first-order chi connectivity index (χ1) is 8.63. The molecule has 2 nitrogen and oxygen atoms in total. The van der Waals surface area contributed by atoms with Gasteiger partial charge in [-0.05, 0) is 52.8 Å². The van der Waals surface area contributed by atoms with Crippen LogP contribution in [0.25, 0.3) is 0 Å². The van der Waals surface area contributed by atoms with Gasteiger partial charge in [0.05, 0.1) is 0 Å². The van der Waals surface area contributed by atoms with Crippen molar-refractivity contribution in [3.05, 3.63) is 35.4 Å². The summed E-state index contributed by atoms with van der Waals surface area (Å²) in [6, 6.07) is 10.6. The van der Waals surface area contributed by atoms with E-state index < -0.39 is 0 Å². The van der Waals surface area contributed by atoms with Crippen molar-refractivity contribution in [3.63, 3.8) is 0 Å². The van der Waals surface area contributed by atoms with Gasteiger partial charge in [0.15, 0.2) is 0 Å². The molecule has 1 heterocycles. The SMILES string of the molecule is CNC(c1ccc(C)cc1)C(C)N1CCCC1C. The molecule has 3 unspecified atom stereocenters. The summed E-state index contributed by atoms with van der Waals surface area (Å²) in [4.78, 5) is 2.64. The molecule has 1 aromatic rings. The minimum atomic E-state index is 0.422. The van der Waals surface area contributed by atoms with E-state index in [0.29, 0.717) is 12.1 Å². The maximum atomic E-state index is 3.49. The molecule has 18 heavy (non-hydrogen) atoms. The Morgan fingerprint density at radius 1 is 1.28 bits per heavy atom. The lowest BCUT2D eigenvalue weighted by atomic mass is 9.98. The van der Waals surface area contributed by atoms with Gasteiger partial charge in [-0.25, -0.2) is 0 Å². The van der Waals surface area contributed by atoms with Crippen LogP contribution in [-0.4, -0.2) is 30.6 Å². The molecular formula is C16H26N2. The molecule has 0 amide bonds. The minimum absolute atomic E-state index is 0.422. The third-order valence-electron chi connectivity index (χ3n) is 4.36. The summed E-state index contributed by atoms with van der Waals surface area (Å²) in [5, 5.41) is 3.49. The van der Waals surface area contributed by atoms with E-state index in [2.05, 4.69) is 62.3 Å². The van der Waals surface area contributed by atoms with Crippen molar-refractivity contribution in [3.8, 4) is 0 Å². The molecule has 1 aromatic carbocycles. The van der Waals surface area contributed by atoms with Crippen LogP contribution < -0.4 is 5.32 Å². The van der Waals surface area contributed by atoms with E-state index in [1.165, 1.54) is 30.5 Å². The molecule has 1 aliphatic heterocycles. The smallest absolute Gasteiger partial charge is 0.0473 e. The van der Waals surface area contributed by atoms with Crippen LogP contribution in [0.3, 0.4) is 0 Å². The Morgan fingerprint density at radius 3 is 2.44 bits per heavy atom. The van der Waals surface area contributed by atoms with E-state index in [1.54, 1.807) is 0 Å². The number of rotatable bonds is 4. The van der Waals surface area contributed by atoms with Crippen LogP contribution >= 0.6 is 0 Å². The molecule has 100 valence electrons. The zero-order chi connectivity index (χ0) is 13.1. The van der Waals surface area contributed by atoms with Crippen molar-refractivity contribution in [2.45, 2.75) is 51.7 Å². The summed E-state index contributed by atoms with van der Waals surface area (Å²) in [6.07, 6.45) is 2.69. The molecule has 0 saturated carbocycles. The number of nitrogens with zero attached hydrogens (tertiary/aromatic N) is 1. The number of aryl methyl sites for hydroxylation is 1. The van der Waals surface area contributed by atoms with Crippen LogP contribution in [-0.2, 0) is 0 Å². The second-order valence-corrected chi connectivity index (χ2v) is 5.65. The van der Waals surface area contributed by atoms with Crippen molar-refractivity contribution in [1.82, 2.24) is 10.2 Å². The maximum absolute atomic E-state index is 3.49. The number of hydrogen-bond acceptors (Lipinski definition) is 2. The Hall–Kier alpha value is -0.860. The zero-order valence-electron chi connectivity index (χ0n) is 12.1. The molecule has 1 aliphatic rings. The molecule has 1 saturated heterocycles. The van der Waals surface area contributed by atoms with E-state index in [1.807, 2.05) is 0 Å². The fraction of sp³-hybridized carbons (Fsp3) is 0.625. The minimum Gasteiger partial charge on any atom is -0.312 e. The van der Waals surface area contributed by atoms with Crippen LogP contribution in [0.15, 0.2) is 24.3 Å². The van der Waals surface area contributed by atoms with Crippen molar-refractivity contribution in [2.75, 3.05) is 13.6 Å². The highest BCUT2D eigenvalue weighted by Crippen LogP contribution is 2.27. The van der Waals surface area contributed by atoms with Gasteiger partial charge in [0.25, 0.3) is 0 Å². The highest BCUT2D eigenvalue weighted by atomic mass is 15.2. The topological polar surface area (TPSA) is 15.3 Å². The second-order valence-electron chi connectivity index (χ2n) is 5.65. The third-order valence-corrected chi connectivity index (χ3v) is 4.36. The molecule has 0 bridgehead atoms. The number of nitrogens with one attached hydrogen (secondary N) is 1. The van der Waals surface area contributed by atoms with Crippen LogP contribution in [0.5, 0.6) is 0 Å². The molecule has 2 heteroatoms. The lowest BCUT2D eigenvalue weighted by Gasteiger charge is -2.35. The summed E-state index contributed by atoms with van der Waals surface area (Å²) in [6.45, 7) is 8.09. The van der Waals surface area contributed by atoms with Gasteiger partial charge >= 0.3 is 0 Å². The quantitative estimate of drug-likeness (QED) is 0.878. The van der Waals surface area contributed by atoms with Crippen molar-refractivity contribution >= 4 is 0 Å². The monoisotopic (exact) mass is 246 g/mol. The second kappa shape index (κ2) is 5.85. The van der Waals surface area contributed by atoms with E-state index in [0.717, 1.165) is 6.04 Å². The van der Waals surface area contributed by atoms with Gasteiger partial charge in [0.2, 0.25) is 0 Å². The van der Waals surface area contributed by atoms with E-state index in [4.69, 9.17) is 0 Å². The Bertz CT molecular complexity index is 371. The molecular weight excluding hydrogens is 220 g/mol. The van der Waals surface area contributed by atoms with E-state index in [-0.39, 0.29) is 0 Å². The summed E-state index contributed by atoms with van der Waals surface area (Å²) in [7, 11) is 2.07. The Kier molecular flexibility index (Phi) is 4.41. The van der Waals surface area contributed by atoms with Gasteiger partial charge in [-0.15, -0.1) is 0 Å². The molecule has 3 atom stereocenters.